The lowest BCUT2D eigenvalue weighted by Crippen LogP contribution is -2.11. The summed E-state index contributed by atoms with van der Waals surface area (Å²) in [5, 5.41) is 1.21. The molecule has 1 heterocycles. The molecule has 0 bridgehead atoms. The van der Waals surface area contributed by atoms with Crippen LogP contribution in [0.4, 0.5) is 0 Å². The molecule has 0 unspecified atom stereocenters. The normalized spacial score (nSPS) is 15.3. The summed E-state index contributed by atoms with van der Waals surface area (Å²) >= 11 is 0. The molecular weight excluding hydrogens is 330 g/mol. The Morgan fingerprint density at radius 1 is 1.04 bits per heavy atom. The second-order valence-electron chi connectivity index (χ2n) is 8.45. The van der Waals surface area contributed by atoms with Crippen molar-refractivity contribution in [2.24, 2.45) is 11.8 Å². The second kappa shape index (κ2) is 7.72. The summed E-state index contributed by atoms with van der Waals surface area (Å²) in [7, 11) is 0. The van der Waals surface area contributed by atoms with Gasteiger partial charge in [0, 0.05) is 11.6 Å². The summed E-state index contributed by atoms with van der Waals surface area (Å²) < 4.78 is 6.27. The van der Waals surface area contributed by atoms with Crippen molar-refractivity contribution in [1.29, 1.82) is 0 Å². The van der Waals surface area contributed by atoms with Crippen LogP contribution in [0, 0.1) is 11.8 Å². The van der Waals surface area contributed by atoms with E-state index in [1.54, 1.807) is 0 Å². The number of pyridine rings is 1. The summed E-state index contributed by atoms with van der Waals surface area (Å²) in [6.07, 6.45) is 5.67. The molecule has 140 valence electrons. The van der Waals surface area contributed by atoms with Gasteiger partial charge in [0.25, 0.3) is 0 Å². The molecule has 0 spiro atoms. The van der Waals surface area contributed by atoms with Gasteiger partial charge < -0.3 is 4.74 Å². The molecule has 0 N–H and O–H groups in total. The van der Waals surface area contributed by atoms with Crippen LogP contribution in [0.1, 0.15) is 51.5 Å². The highest BCUT2D eigenvalue weighted by Gasteiger charge is 2.27. The van der Waals surface area contributed by atoms with Crippen LogP contribution in [0.2, 0.25) is 0 Å². The van der Waals surface area contributed by atoms with Crippen LogP contribution < -0.4 is 4.74 Å². The van der Waals surface area contributed by atoms with Gasteiger partial charge in [0.2, 0.25) is 0 Å². The summed E-state index contributed by atoms with van der Waals surface area (Å²) in [5.41, 5.74) is 4.94. The van der Waals surface area contributed by atoms with Crippen LogP contribution in [0.25, 0.3) is 22.0 Å². The SMILES string of the molecule is CC(C)C[C@@H](C)COc1ccc(-c2ccnc3ccccc23)cc1C1CC1. The number of ether oxygens (including phenoxy) is 1. The first kappa shape index (κ1) is 18.0. The monoisotopic (exact) mass is 359 g/mol. The molecule has 4 rings (SSSR count). The molecular formula is C25H29NO. The van der Waals surface area contributed by atoms with E-state index in [0.717, 1.165) is 17.9 Å². The van der Waals surface area contributed by atoms with E-state index in [-0.39, 0.29) is 0 Å². The quantitative estimate of drug-likeness (QED) is 0.461. The third-order valence-corrected chi connectivity index (χ3v) is 5.38. The molecule has 0 saturated heterocycles. The summed E-state index contributed by atoms with van der Waals surface area (Å²) in [6.45, 7) is 7.64. The third kappa shape index (κ3) is 4.16. The predicted octanol–water partition coefficient (Wildman–Crippen LogP) is 6.84. The number of benzene rings is 2. The zero-order valence-electron chi connectivity index (χ0n) is 16.6. The lowest BCUT2D eigenvalue weighted by atomic mass is 9.97. The number of para-hydroxylation sites is 1. The molecule has 3 aromatic rings. The average Bonchev–Trinajstić information content (AvgIpc) is 3.50. The van der Waals surface area contributed by atoms with Crippen molar-refractivity contribution in [2.75, 3.05) is 6.61 Å². The Hall–Kier alpha value is -2.35. The molecule has 0 aliphatic heterocycles. The van der Waals surface area contributed by atoms with E-state index in [4.69, 9.17) is 4.74 Å². The van der Waals surface area contributed by atoms with Gasteiger partial charge in [-0.1, -0.05) is 45.0 Å². The van der Waals surface area contributed by atoms with E-state index in [1.807, 2.05) is 12.3 Å². The first-order valence-corrected chi connectivity index (χ1v) is 10.2. The Balaban J connectivity index is 1.63. The zero-order valence-corrected chi connectivity index (χ0v) is 16.6. The summed E-state index contributed by atoms with van der Waals surface area (Å²) in [6, 6.07) is 17.2. The predicted molar refractivity (Wildman–Crippen MR) is 113 cm³/mol. The highest BCUT2D eigenvalue weighted by Crippen LogP contribution is 2.46. The van der Waals surface area contributed by atoms with Gasteiger partial charge in [-0.05, 0) is 78.0 Å². The number of rotatable bonds is 7. The minimum atomic E-state index is 0.584. The van der Waals surface area contributed by atoms with Crippen molar-refractivity contribution >= 4 is 10.9 Å². The van der Waals surface area contributed by atoms with Crippen molar-refractivity contribution in [3.8, 4) is 16.9 Å². The van der Waals surface area contributed by atoms with Gasteiger partial charge >= 0.3 is 0 Å². The van der Waals surface area contributed by atoms with Crippen molar-refractivity contribution < 1.29 is 4.74 Å². The van der Waals surface area contributed by atoms with Crippen LogP contribution in [-0.2, 0) is 0 Å². The maximum Gasteiger partial charge on any atom is 0.122 e. The molecule has 2 aromatic carbocycles. The van der Waals surface area contributed by atoms with Gasteiger partial charge in [-0.25, -0.2) is 0 Å². The topological polar surface area (TPSA) is 22.1 Å². The highest BCUT2D eigenvalue weighted by atomic mass is 16.5. The van der Waals surface area contributed by atoms with Gasteiger partial charge in [-0.3, -0.25) is 4.98 Å². The molecule has 1 aliphatic rings. The first-order valence-electron chi connectivity index (χ1n) is 10.2. The fourth-order valence-corrected chi connectivity index (χ4v) is 4.01. The van der Waals surface area contributed by atoms with Crippen molar-refractivity contribution in [3.63, 3.8) is 0 Å². The first-order chi connectivity index (χ1) is 13.1. The van der Waals surface area contributed by atoms with E-state index < -0.39 is 0 Å². The van der Waals surface area contributed by atoms with Crippen LogP contribution >= 0.6 is 0 Å². The Labute approximate surface area is 162 Å². The van der Waals surface area contributed by atoms with Gasteiger partial charge in [0.05, 0.1) is 12.1 Å². The molecule has 2 heteroatoms. The lowest BCUT2D eigenvalue weighted by molar-refractivity contribution is 0.237. The second-order valence-corrected chi connectivity index (χ2v) is 8.45. The largest absolute Gasteiger partial charge is 0.493 e. The average molecular weight is 360 g/mol. The highest BCUT2D eigenvalue weighted by molar-refractivity contribution is 5.94. The van der Waals surface area contributed by atoms with E-state index in [0.29, 0.717) is 17.8 Å². The molecule has 1 aliphatic carbocycles. The molecule has 1 saturated carbocycles. The fraction of sp³-hybridized carbons (Fsp3) is 0.400. The van der Waals surface area contributed by atoms with E-state index in [2.05, 4.69) is 68.2 Å². The molecule has 1 fully saturated rings. The lowest BCUT2D eigenvalue weighted by Gasteiger charge is -2.18. The van der Waals surface area contributed by atoms with Gasteiger partial charge in [0.15, 0.2) is 0 Å². The number of fused-ring (bicyclic) bond motifs is 1. The standard InChI is InChI=1S/C25H29NO/c1-17(2)14-18(3)16-27-25-11-10-20(15-23(25)19-8-9-19)21-12-13-26-24-7-5-4-6-22(21)24/h4-7,10-13,15,17-19H,8-9,14,16H2,1-3H3/t18-/m1/s1. The van der Waals surface area contributed by atoms with Crippen molar-refractivity contribution in [2.45, 2.75) is 46.0 Å². The Bertz CT molecular complexity index is 921. The minimum absolute atomic E-state index is 0.584. The maximum atomic E-state index is 6.27. The van der Waals surface area contributed by atoms with E-state index in [9.17, 15) is 0 Å². The number of nitrogens with zero attached hydrogens (tertiary/aromatic N) is 1. The van der Waals surface area contributed by atoms with Crippen molar-refractivity contribution in [3.05, 3.63) is 60.3 Å². The van der Waals surface area contributed by atoms with E-state index >= 15 is 0 Å². The van der Waals surface area contributed by atoms with Crippen LogP contribution in [0.5, 0.6) is 5.75 Å². The molecule has 0 radical (unpaired) electrons. The minimum Gasteiger partial charge on any atom is -0.493 e. The van der Waals surface area contributed by atoms with Gasteiger partial charge in [-0.2, -0.15) is 0 Å². The van der Waals surface area contributed by atoms with Gasteiger partial charge in [-0.15, -0.1) is 0 Å². The van der Waals surface area contributed by atoms with Crippen LogP contribution in [0.3, 0.4) is 0 Å². The van der Waals surface area contributed by atoms with Gasteiger partial charge in [0.1, 0.15) is 5.75 Å². The number of hydrogen-bond donors (Lipinski definition) is 0. The molecule has 1 aromatic heterocycles. The smallest absolute Gasteiger partial charge is 0.122 e. The Morgan fingerprint density at radius 3 is 2.63 bits per heavy atom. The third-order valence-electron chi connectivity index (χ3n) is 5.38. The summed E-state index contributed by atoms with van der Waals surface area (Å²) in [4.78, 5) is 4.50. The Morgan fingerprint density at radius 2 is 1.85 bits per heavy atom. The molecule has 2 nitrogen and oxygen atoms in total. The van der Waals surface area contributed by atoms with Crippen LogP contribution in [0.15, 0.2) is 54.7 Å². The fourth-order valence-electron chi connectivity index (χ4n) is 4.01. The summed E-state index contributed by atoms with van der Waals surface area (Å²) in [5.74, 6) is 3.04. The number of hydrogen-bond acceptors (Lipinski definition) is 2. The zero-order chi connectivity index (χ0) is 18.8. The van der Waals surface area contributed by atoms with E-state index in [1.165, 1.54) is 41.3 Å². The maximum absolute atomic E-state index is 6.27. The molecule has 1 atom stereocenters. The Kier molecular flexibility index (Phi) is 5.15. The van der Waals surface area contributed by atoms with Crippen LogP contribution in [-0.4, -0.2) is 11.6 Å². The molecule has 0 amide bonds. The molecule has 27 heavy (non-hydrogen) atoms. The number of aromatic nitrogens is 1. The van der Waals surface area contributed by atoms with Crippen molar-refractivity contribution in [1.82, 2.24) is 4.98 Å².